The second kappa shape index (κ2) is 9.05. The molecule has 0 aliphatic heterocycles. The van der Waals surface area contributed by atoms with Gasteiger partial charge in [0.05, 0.1) is 0 Å². The van der Waals surface area contributed by atoms with Gasteiger partial charge >= 0.3 is 5.69 Å². The zero-order valence-electron chi connectivity index (χ0n) is 16.4. The summed E-state index contributed by atoms with van der Waals surface area (Å²) < 4.78 is 3.17. The van der Waals surface area contributed by atoms with Crippen LogP contribution in [0.5, 0.6) is 0 Å². The molecule has 2 heterocycles. The van der Waals surface area contributed by atoms with Crippen LogP contribution in [0, 0.1) is 0 Å². The number of nitrogens with zero attached hydrogens (tertiary/aromatic N) is 4. The van der Waals surface area contributed by atoms with Crippen molar-refractivity contribution in [1.29, 1.82) is 0 Å². The SMILES string of the molecule is O=C(Cn1c(=O)n(CCc2ccccc2)c(=O)c2nccnc21)Nc1ccc(Br)cc1. The number of aryl methyl sites for hydroxylation is 1. The highest BCUT2D eigenvalue weighted by molar-refractivity contribution is 9.10. The molecule has 0 saturated heterocycles. The van der Waals surface area contributed by atoms with Crippen molar-refractivity contribution in [3.05, 3.63) is 97.9 Å². The quantitative estimate of drug-likeness (QED) is 0.458. The summed E-state index contributed by atoms with van der Waals surface area (Å²) in [5.74, 6) is -0.412. The number of hydrogen-bond donors (Lipinski definition) is 1. The molecule has 0 bridgehead atoms. The zero-order valence-corrected chi connectivity index (χ0v) is 17.9. The Hall–Kier alpha value is -3.59. The van der Waals surface area contributed by atoms with Crippen molar-refractivity contribution >= 4 is 38.7 Å². The minimum Gasteiger partial charge on any atom is -0.325 e. The summed E-state index contributed by atoms with van der Waals surface area (Å²) in [4.78, 5) is 46.9. The van der Waals surface area contributed by atoms with E-state index >= 15 is 0 Å². The van der Waals surface area contributed by atoms with E-state index in [9.17, 15) is 14.4 Å². The Morgan fingerprint density at radius 2 is 1.65 bits per heavy atom. The smallest absolute Gasteiger partial charge is 0.325 e. The van der Waals surface area contributed by atoms with Crippen LogP contribution in [0.15, 0.2) is 81.1 Å². The lowest BCUT2D eigenvalue weighted by atomic mass is 10.1. The Labute approximate surface area is 185 Å². The molecule has 1 N–H and O–H groups in total. The molecule has 9 heteroatoms. The first-order valence-corrected chi connectivity index (χ1v) is 10.4. The van der Waals surface area contributed by atoms with Crippen molar-refractivity contribution in [1.82, 2.24) is 19.1 Å². The van der Waals surface area contributed by atoms with E-state index in [1.54, 1.807) is 24.3 Å². The molecule has 156 valence electrons. The van der Waals surface area contributed by atoms with Gasteiger partial charge in [0.1, 0.15) is 6.54 Å². The van der Waals surface area contributed by atoms with Gasteiger partial charge in [-0.2, -0.15) is 0 Å². The molecule has 0 unspecified atom stereocenters. The number of aromatic nitrogens is 4. The molecule has 1 amide bonds. The van der Waals surface area contributed by atoms with Crippen molar-refractivity contribution in [2.24, 2.45) is 0 Å². The molecule has 0 saturated carbocycles. The number of fused-ring (bicyclic) bond motifs is 1. The summed E-state index contributed by atoms with van der Waals surface area (Å²) in [7, 11) is 0. The molecule has 0 aliphatic rings. The van der Waals surface area contributed by atoms with Crippen molar-refractivity contribution in [3.63, 3.8) is 0 Å². The third-order valence-electron chi connectivity index (χ3n) is 4.74. The molecule has 0 spiro atoms. The van der Waals surface area contributed by atoms with Crippen molar-refractivity contribution in [2.75, 3.05) is 5.32 Å². The van der Waals surface area contributed by atoms with E-state index in [1.165, 1.54) is 17.0 Å². The fourth-order valence-electron chi connectivity index (χ4n) is 3.23. The Morgan fingerprint density at radius 3 is 2.39 bits per heavy atom. The van der Waals surface area contributed by atoms with Gasteiger partial charge in [-0.25, -0.2) is 14.8 Å². The molecule has 0 aliphatic carbocycles. The Bertz CT molecular complexity index is 1350. The predicted molar refractivity (Wildman–Crippen MR) is 121 cm³/mol. The van der Waals surface area contributed by atoms with Gasteiger partial charge < -0.3 is 5.32 Å². The molecule has 31 heavy (non-hydrogen) atoms. The molecule has 2 aromatic heterocycles. The Balaban J connectivity index is 1.68. The maximum Gasteiger partial charge on any atom is 0.333 e. The van der Waals surface area contributed by atoms with Crippen molar-refractivity contribution < 1.29 is 4.79 Å². The van der Waals surface area contributed by atoms with Crippen LogP contribution in [0.25, 0.3) is 11.2 Å². The first-order valence-electron chi connectivity index (χ1n) is 9.56. The van der Waals surface area contributed by atoms with E-state index in [-0.39, 0.29) is 24.3 Å². The molecule has 0 radical (unpaired) electrons. The van der Waals surface area contributed by atoms with Gasteiger partial charge in [-0.3, -0.25) is 18.7 Å². The molecule has 4 aromatic rings. The standard InChI is InChI=1S/C22H18BrN5O3/c23-16-6-8-17(9-7-16)26-18(29)14-28-20-19(24-11-12-25-20)21(30)27(22(28)31)13-10-15-4-2-1-3-5-15/h1-9,11-12H,10,13-14H2,(H,26,29). The van der Waals surface area contributed by atoms with E-state index < -0.39 is 17.2 Å². The van der Waals surface area contributed by atoms with Crippen LogP contribution in [0.2, 0.25) is 0 Å². The topological polar surface area (TPSA) is 98.9 Å². The van der Waals surface area contributed by atoms with E-state index in [0.29, 0.717) is 12.1 Å². The monoisotopic (exact) mass is 479 g/mol. The van der Waals surface area contributed by atoms with Gasteiger partial charge in [0, 0.05) is 29.1 Å². The zero-order chi connectivity index (χ0) is 21.8. The van der Waals surface area contributed by atoms with Crippen LogP contribution in [-0.2, 0) is 24.3 Å². The number of anilines is 1. The number of hydrogen-bond acceptors (Lipinski definition) is 5. The lowest BCUT2D eigenvalue weighted by Gasteiger charge is -2.13. The minimum atomic E-state index is -0.597. The summed E-state index contributed by atoms with van der Waals surface area (Å²) >= 11 is 3.34. The van der Waals surface area contributed by atoms with Gasteiger partial charge in [0.2, 0.25) is 5.91 Å². The molecule has 2 aromatic carbocycles. The Kier molecular flexibility index (Phi) is 6.03. The summed E-state index contributed by atoms with van der Waals surface area (Å²) in [5.41, 5.74) is 0.598. The normalized spacial score (nSPS) is 10.9. The first kappa shape index (κ1) is 20.7. The first-order chi connectivity index (χ1) is 15.0. The fraction of sp³-hybridized carbons (Fsp3) is 0.136. The van der Waals surface area contributed by atoms with Gasteiger partial charge in [-0.05, 0) is 36.2 Å². The number of amides is 1. The number of benzene rings is 2. The highest BCUT2D eigenvalue weighted by Crippen LogP contribution is 2.14. The van der Waals surface area contributed by atoms with Crippen LogP contribution >= 0.6 is 15.9 Å². The average Bonchev–Trinajstić information content (AvgIpc) is 2.79. The number of rotatable bonds is 6. The predicted octanol–water partition coefficient (Wildman–Crippen LogP) is 2.60. The molecule has 4 rings (SSSR count). The largest absolute Gasteiger partial charge is 0.333 e. The minimum absolute atomic E-state index is 0.0478. The molecule has 0 atom stereocenters. The third kappa shape index (κ3) is 4.61. The highest BCUT2D eigenvalue weighted by Gasteiger charge is 2.17. The van der Waals surface area contributed by atoms with Crippen LogP contribution in [-0.4, -0.2) is 25.0 Å². The van der Waals surface area contributed by atoms with Crippen LogP contribution in [0.3, 0.4) is 0 Å². The number of carbonyl (C=O) groups excluding carboxylic acids is 1. The molecular formula is C22H18BrN5O3. The number of nitrogens with one attached hydrogen (secondary N) is 1. The van der Waals surface area contributed by atoms with E-state index in [0.717, 1.165) is 14.6 Å². The van der Waals surface area contributed by atoms with Gasteiger partial charge in [0.25, 0.3) is 5.56 Å². The summed E-state index contributed by atoms with van der Waals surface area (Å²) in [6.45, 7) is -0.127. The average molecular weight is 480 g/mol. The summed E-state index contributed by atoms with van der Waals surface area (Å²) in [6, 6.07) is 16.6. The lowest BCUT2D eigenvalue weighted by molar-refractivity contribution is -0.116. The van der Waals surface area contributed by atoms with Gasteiger partial charge in [-0.15, -0.1) is 0 Å². The molecule has 8 nitrogen and oxygen atoms in total. The fourth-order valence-corrected chi connectivity index (χ4v) is 3.50. The second-order valence-corrected chi connectivity index (χ2v) is 7.76. The Morgan fingerprint density at radius 1 is 0.935 bits per heavy atom. The van der Waals surface area contributed by atoms with Crippen LogP contribution < -0.4 is 16.6 Å². The van der Waals surface area contributed by atoms with Crippen LogP contribution in [0.1, 0.15) is 5.56 Å². The maximum atomic E-state index is 13.1. The number of carbonyl (C=O) groups is 1. The van der Waals surface area contributed by atoms with Crippen LogP contribution in [0.4, 0.5) is 5.69 Å². The highest BCUT2D eigenvalue weighted by atomic mass is 79.9. The lowest BCUT2D eigenvalue weighted by Crippen LogP contribution is -2.42. The maximum absolute atomic E-state index is 13.1. The van der Waals surface area contributed by atoms with Crippen molar-refractivity contribution in [3.8, 4) is 0 Å². The van der Waals surface area contributed by atoms with E-state index in [2.05, 4.69) is 31.2 Å². The van der Waals surface area contributed by atoms with Gasteiger partial charge in [-0.1, -0.05) is 46.3 Å². The van der Waals surface area contributed by atoms with Gasteiger partial charge in [0.15, 0.2) is 11.2 Å². The van der Waals surface area contributed by atoms with E-state index in [1.807, 2.05) is 30.3 Å². The summed E-state index contributed by atoms with van der Waals surface area (Å²) in [5, 5.41) is 2.75. The van der Waals surface area contributed by atoms with E-state index in [4.69, 9.17) is 0 Å². The number of halogens is 1. The van der Waals surface area contributed by atoms with Crippen molar-refractivity contribution in [2.45, 2.75) is 19.5 Å². The summed E-state index contributed by atoms with van der Waals surface area (Å²) in [6.07, 6.45) is 3.27. The molecular weight excluding hydrogens is 462 g/mol. The molecule has 0 fully saturated rings. The third-order valence-corrected chi connectivity index (χ3v) is 5.27. The second-order valence-electron chi connectivity index (χ2n) is 6.84.